The van der Waals surface area contributed by atoms with Crippen molar-refractivity contribution >= 4 is 23.8 Å². The zero-order chi connectivity index (χ0) is 14.8. The van der Waals surface area contributed by atoms with Gasteiger partial charge in [0.1, 0.15) is 6.04 Å². The minimum Gasteiger partial charge on any atom is -0.480 e. The van der Waals surface area contributed by atoms with E-state index >= 15 is 0 Å². The van der Waals surface area contributed by atoms with E-state index in [0.717, 1.165) is 25.9 Å². The van der Waals surface area contributed by atoms with Crippen molar-refractivity contribution in [2.75, 3.05) is 38.3 Å². The molecule has 1 atom stereocenters. The Morgan fingerprint density at radius 3 is 2.65 bits per heavy atom. The third-order valence-electron chi connectivity index (χ3n) is 4.29. The molecule has 7 heteroatoms. The molecule has 0 radical (unpaired) electrons. The first-order valence-electron chi connectivity index (χ1n) is 6.95. The van der Waals surface area contributed by atoms with Crippen LogP contribution in [0.15, 0.2) is 0 Å². The number of amides is 2. The number of nitrogens with zero attached hydrogens (tertiary/aromatic N) is 2. The van der Waals surface area contributed by atoms with E-state index in [0.29, 0.717) is 18.2 Å². The monoisotopic (exact) mass is 301 g/mol. The SMILES string of the molecule is CN1CCC(C)(CNC(=O)N2CSCC2C(=O)O)CC1. The molecule has 2 fully saturated rings. The number of piperidine rings is 1. The molecule has 2 aliphatic rings. The molecule has 1 unspecified atom stereocenters. The normalized spacial score (nSPS) is 26.5. The molecule has 0 aliphatic carbocycles. The van der Waals surface area contributed by atoms with E-state index in [1.807, 2.05) is 0 Å². The Labute approximate surface area is 123 Å². The molecule has 0 bridgehead atoms. The summed E-state index contributed by atoms with van der Waals surface area (Å²) < 4.78 is 0. The fraction of sp³-hybridized carbons (Fsp3) is 0.846. The molecule has 2 saturated heterocycles. The van der Waals surface area contributed by atoms with E-state index in [-0.39, 0.29) is 11.4 Å². The summed E-state index contributed by atoms with van der Waals surface area (Å²) in [4.78, 5) is 26.9. The quantitative estimate of drug-likeness (QED) is 0.810. The number of carboxylic acids is 1. The van der Waals surface area contributed by atoms with Crippen LogP contribution in [0.2, 0.25) is 0 Å². The van der Waals surface area contributed by atoms with Crippen molar-refractivity contribution in [3.05, 3.63) is 0 Å². The zero-order valence-corrected chi connectivity index (χ0v) is 12.9. The maximum atomic E-state index is 12.1. The predicted molar refractivity (Wildman–Crippen MR) is 78.8 cm³/mol. The fourth-order valence-corrected chi connectivity index (χ4v) is 3.72. The first kappa shape index (κ1) is 15.4. The maximum Gasteiger partial charge on any atom is 0.327 e. The molecule has 2 rings (SSSR count). The molecule has 2 heterocycles. The molecule has 20 heavy (non-hydrogen) atoms. The van der Waals surface area contributed by atoms with Crippen molar-refractivity contribution in [3.8, 4) is 0 Å². The van der Waals surface area contributed by atoms with E-state index in [9.17, 15) is 9.59 Å². The first-order chi connectivity index (χ1) is 9.41. The van der Waals surface area contributed by atoms with Crippen molar-refractivity contribution in [1.82, 2.24) is 15.1 Å². The van der Waals surface area contributed by atoms with Gasteiger partial charge in [0, 0.05) is 12.3 Å². The van der Waals surface area contributed by atoms with E-state index in [1.54, 1.807) is 0 Å². The number of aliphatic carboxylic acids is 1. The Morgan fingerprint density at radius 2 is 2.05 bits per heavy atom. The van der Waals surface area contributed by atoms with Gasteiger partial charge in [-0.3, -0.25) is 0 Å². The number of hydrogen-bond acceptors (Lipinski definition) is 4. The molecule has 0 aromatic rings. The topological polar surface area (TPSA) is 72.9 Å². The summed E-state index contributed by atoms with van der Waals surface area (Å²) in [7, 11) is 2.11. The summed E-state index contributed by atoms with van der Waals surface area (Å²) in [6.07, 6.45) is 2.11. The van der Waals surface area contributed by atoms with Crippen molar-refractivity contribution in [3.63, 3.8) is 0 Å². The molecule has 114 valence electrons. The Balaban J connectivity index is 1.84. The minimum atomic E-state index is -0.921. The van der Waals surface area contributed by atoms with Crippen LogP contribution in [0.4, 0.5) is 4.79 Å². The minimum absolute atomic E-state index is 0.119. The van der Waals surface area contributed by atoms with Crippen LogP contribution >= 0.6 is 11.8 Å². The lowest BCUT2D eigenvalue weighted by atomic mass is 9.80. The highest BCUT2D eigenvalue weighted by Gasteiger charge is 2.36. The number of likely N-dealkylation sites (tertiary alicyclic amines) is 1. The molecule has 2 amide bonds. The van der Waals surface area contributed by atoms with Gasteiger partial charge in [-0.25, -0.2) is 9.59 Å². The molecule has 0 aromatic carbocycles. The number of hydrogen-bond donors (Lipinski definition) is 2. The summed E-state index contributed by atoms with van der Waals surface area (Å²) in [5, 5.41) is 12.0. The Kier molecular flexibility index (Phi) is 4.80. The van der Waals surface area contributed by atoms with Crippen molar-refractivity contribution in [1.29, 1.82) is 0 Å². The average molecular weight is 301 g/mol. The van der Waals surface area contributed by atoms with Gasteiger partial charge in [-0.05, 0) is 38.4 Å². The number of nitrogens with one attached hydrogen (secondary N) is 1. The predicted octanol–water partition coefficient (Wildman–Crippen LogP) is 0.887. The number of thioether (sulfide) groups is 1. The summed E-state index contributed by atoms with van der Waals surface area (Å²) in [5.41, 5.74) is 0.119. The number of carbonyl (C=O) groups is 2. The third-order valence-corrected chi connectivity index (χ3v) is 5.30. The molecular formula is C13H23N3O3S. The largest absolute Gasteiger partial charge is 0.480 e. The Morgan fingerprint density at radius 1 is 1.40 bits per heavy atom. The van der Waals surface area contributed by atoms with Gasteiger partial charge >= 0.3 is 12.0 Å². The van der Waals surface area contributed by atoms with Crippen LogP contribution in [0.1, 0.15) is 19.8 Å². The molecular weight excluding hydrogens is 278 g/mol. The zero-order valence-electron chi connectivity index (χ0n) is 12.1. The molecule has 0 spiro atoms. The van der Waals surface area contributed by atoms with Crippen molar-refractivity contribution in [2.24, 2.45) is 5.41 Å². The number of carboxylic acid groups (broad SMARTS) is 1. The van der Waals surface area contributed by atoms with Gasteiger partial charge in [-0.2, -0.15) is 0 Å². The lowest BCUT2D eigenvalue weighted by Gasteiger charge is -2.38. The van der Waals surface area contributed by atoms with Gasteiger partial charge in [0.25, 0.3) is 0 Å². The number of carbonyl (C=O) groups excluding carboxylic acids is 1. The van der Waals surface area contributed by atoms with E-state index in [2.05, 4.69) is 24.2 Å². The van der Waals surface area contributed by atoms with Crippen LogP contribution in [-0.2, 0) is 4.79 Å². The standard InChI is InChI=1S/C13H23N3O3S/c1-13(3-5-15(2)6-4-13)8-14-12(19)16-9-20-7-10(16)11(17)18/h10H,3-9H2,1-2H3,(H,14,19)(H,17,18). The van der Waals surface area contributed by atoms with Crippen LogP contribution in [0.25, 0.3) is 0 Å². The lowest BCUT2D eigenvalue weighted by molar-refractivity contribution is -0.140. The highest BCUT2D eigenvalue weighted by Crippen LogP contribution is 2.29. The highest BCUT2D eigenvalue weighted by atomic mass is 32.2. The molecule has 6 nitrogen and oxygen atoms in total. The van der Waals surface area contributed by atoms with Gasteiger partial charge in [0.2, 0.25) is 0 Å². The van der Waals surface area contributed by atoms with Gasteiger partial charge < -0.3 is 20.2 Å². The van der Waals surface area contributed by atoms with Crippen molar-refractivity contribution < 1.29 is 14.7 Å². The van der Waals surface area contributed by atoms with Gasteiger partial charge in [-0.1, -0.05) is 6.92 Å². The summed E-state index contributed by atoms with van der Waals surface area (Å²) in [5.74, 6) is 0.0169. The second kappa shape index (κ2) is 6.22. The summed E-state index contributed by atoms with van der Waals surface area (Å²) in [6, 6.07) is -0.937. The third kappa shape index (κ3) is 3.58. The fourth-order valence-electron chi connectivity index (χ4n) is 2.57. The highest BCUT2D eigenvalue weighted by molar-refractivity contribution is 7.99. The van der Waals surface area contributed by atoms with Crippen LogP contribution in [0.3, 0.4) is 0 Å². The van der Waals surface area contributed by atoms with Gasteiger partial charge in [0.15, 0.2) is 0 Å². The lowest BCUT2D eigenvalue weighted by Crippen LogP contribution is -2.50. The maximum absolute atomic E-state index is 12.1. The van der Waals surface area contributed by atoms with Crippen LogP contribution in [0.5, 0.6) is 0 Å². The number of urea groups is 1. The number of rotatable bonds is 3. The second-order valence-electron chi connectivity index (χ2n) is 6.10. The average Bonchev–Trinajstić information content (AvgIpc) is 2.89. The Bertz CT molecular complexity index is 383. The van der Waals surface area contributed by atoms with Crippen LogP contribution < -0.4 is 5.32 Å². The second-order valence-corrected chi connectivity index (χ2v) is 7.10. The van der Waals surface area contributed by atoms with Gasteiger partial charge in [0.05, 0.1) is 5.88 Å². The smallest absolute Gasteiger partial charge is 0.327 e. The molecule has 0 saturated carbocycles. The molecule has 2 aliphatic heterocycles. The van der Waals surface area contributed by atoms with E-state index < -0.39 is 12.0 Å². The van der Waals surface area contributed by atoms with Crippen LogP contribution in [-0.4, -0.2) is 71.3 Å². The summed E-state index contributed by atoms with van der Waals surface area (Å²) in [6.45, 7) is 4.90. The van der Waals surface area contributed by atoms with E-state index in [4.69, 9.17) is 5.11 Å². The first-order valence-corrected chi connectivity index (χ1v) is 8.10. The molecule has 2 N–H and O–H groups in total. The molecule has 0 aromatic heterocycles. The Hall–Kier alpha value is -0.950. The van der Waals surface area contributed by atoms with Crippen LogP contribution in [0, 0.1) is 5.41 Å². The van der Waals surface area contributed by atoms with Gasteiger partial charge in [-0.15, -0.1) is 11.8 Å². The van der Waals surface area contributed by atoms with Crippen molar-refractivity contribution in [2.45, 2.75) is 25.8 Å². The summed E-state index contributed by atoms with van der Waals surface area (Å²) >= 11 is 1.49. The van der Waals surface area contributed by atoms with E-state index in [1.165, 1.54) is 16.7 Å².